The molecular formula is C14H19ClN2O3. The molecule has 0 amide bonds. The van der Waals surface area contributed by atoms with Gasteiger partial charge in [-0.15, -0.1) is 0 Å². The Labute approximate surface area is 123 Å². The molecule has 1 aliphatic heterocycles. The highest BCUT2D eigenvalue weighted by Gasteiger charge is 2.40. The molecule has 1 aliphatic rings. The van der Waals surface area contributed by atoms with Gasteiger partial charge in [-0.3, -0.25) is 4.79 Å². The second-order valence-corrected chi connectivity index (χ2v) is 5.58. The third-order valence-electron chi connectivity index (χ3n) is 3.51. The van der Waals surface area contributed by atoms with Crippen LogP contribution in [-0.4, -0.2) is 47.8 Å². The number of aliphatic carboxylic acids is 1. The molecule has 0 aromatic heterocycles. The minimum Gasteiger partial charge on any atom is -0.494 e. The number of likely N-dealkylation sites (tertiary alicyclic amines) is 1. The van der Waals surface area contributed by atoms with Crippen molar-refractivity contribution in [3.63, 3.8) is 0 Å². The van der Waals surface area contributed by atoms with Gasteiger partial charge in [0.05, 0.1) is 6.61 Å². The van der Waals surface area contributed by atoms with Crippen LogP contribution in [0.1, 0.15) is 12.8 Å². The zero-order valence-corrected chi connectivity index (χ0v) is 12.0. The van der Waals surface area contributed by atoms with E-state index in [4.69, 9.17) is 27.2 Å². The van der Waals surface area contributed by atoms with E-state index in [0.29, 0.717) is 24.6 Å². The van der Waals surface area contributed by atoms with E-state index in [0.717, 1.165) is 25.3 Å². The molecule has 3 N–H and O–H groups in total. The van der Waals surface area contributed by atoms with Gasteiger partial charge in [0.15, 0.2) is 0 Å². The molecule has 0 saturated carbocycles. The van der Waals surface area contributed by atoms with Gasteiger partial charge < -0.3 is 20.5 Å². The van der Waals surface area contributed by atoms with Crippen LogP contribution in [0.5, 0.6) is 5.75 Å². The van der Waals surface area contributed by atoms with Crippen molar-refractivity contribution >= 4 is 17.6 Å². The molecule has 0 spiro atoms. The van der Waals surface area contributed by atoms with Crippen LogP contribution < -0.4 is 10.5 Å². The van der Waals surface area contributed by atoms with Crippen molar-refractivity contribution in [2.45, 2.75) is 18.4 Å². The van der Waals surface area contributed by atoms with Crippen molar-refractivity contribution in [1.82, 2.24) is 4.90 Å². The lowest BCUT2D eigenvalue weighted by molar-refractivity contribution is -0.142. The van der Waals surface area contributed by atoms with E-state index in [1.54, 1.807) is 12.1 Å². The molecule has 1 heterocycles. The standard InChI is InChI=1S/C14H19ClN2O3/c15-11-2-4-12(5-3-11)20-9-1-7-17-8-6-14(16,10-17)13(18)19/h2-5H,1,6-10,16H2,(H,18,19). The number of nitrogens with two attached hydrogens (primary N) is 1. The summed E-state index contributed by atoms with van der Waals surface area (Å²) in [6, 6.07) is 7.22. The fraction of sp³-hybridized carbons (Fsp3) is 0.500. The first-order valence-electron chi connectivity index (χ1n) is 6.63. The number of benzene rings is 1. The SMILES string of the molecule is NC1(C(=O)O)CCN(CCCOc2ccc(Cl)cc2)C1. The van der Waals surface area contributed by atoms with E-state index in [1.165, 1.54) is 0 Å². The van der Waals surface area contributed by atoms with Gasteiger partial charge >= 0.3 is 5.97 Å². The number of hydrogen-bond acceptors (Lipinski definition) is 4. The van der Waals surface area contributed by atoms with Crippen molar-refractivity contribution < 1.29 is 14.6 Å². The Morgan fingerprint density at radius 3 is 2.75 bits per heavy atom. The molecule has 1 fully saturated rings. The number of hydrogen-bond donors (Lipinski definition) is 2. The van der Waals surface area contributed by atoms with Crippen LogP contribution in [0.2, 0.25) is 5.02 Å². The Morgan fingerprint density at radius 1 is 1.45 bits per heavy atom. The zero-order chi connectivity index (χ0) is 14.6. The first-order chi connectivity index (χ1) is 9.49. The molecule has 1 aromatic carbocycles. The summed E-state index contributed by atoms with van der Waals surface area (Å²) < 4.78 is 5.59. The highest BCUT2D eigenvalue weighted by molar-refractivity contribution is 6.30. The van der Waals surface area contributed by atoms with Crippen molar-refractivity contribution in [3.8, 4) is 5.75 Å². The van der Waals surface area contributed by atoms with Crippen LogP contribution in [0.4, 0.5) is 0 Å². The van der Waals surface area contributed by atoms with E-state index < -0.39 is 11.5 Å². The lowest BCUT2D eigenvalue weighted by Gasteiger charge is -2.19. The molecule has 0 aliphatic carbocycles. The molecule has 0 radical (unpaired) electrons. The first kappa shape index (κ1) is 15.1. The molecule has 1 saturated heterocycles. The average Bonchev–Trinajstić information content (AvgIpc) is 2.80. The Hall–Kier alpha value is -1.30. The summed E-state index contributed by atoms with van der Waals surface area (Å²) in [6.07, 6.45) is 1.33. The number of nitrogens with zero attached hydrogens (tertiary/aromatic N) is 1. The van der Waals surface area contributed by atoms with Gasteiger partial charge in [0.25, 0.3) is 0 Å². The third-order valence-corrected chi connectivity index (χ3v) is 3.76. The predicted octanol–water partition coefficient (Wildman–Crippen LogP) is 1.60. The molecule has 1 aromatic rings. The zero-order valence-electron chi connectivity index (χ0n) is 11.2. The second kappa shape index (κ2) is 6.43. The van der Waals surface area contributed by atoms with Gasteiger partial charge in [-0.2, -0.15) is 0 Å². The minimum atomic E-state index is -1.09. The number of carboxylic acids is 1. The van der Waals surface area contributed by atoms with Crippen LogP contribution in [0.25, 0.3) is 0 Å². The van der Waals surface area contributed by atoms with Crippen LogP contribution in [0.3, 0.4) is 0 Å². The third kappa shape index (κ3) is 3.85. The summed E-state index contributed by atoms with van der Waals surface area (Å²) >= 11 is 5.79. The second-order valence-electron chi connectivity index (χ2n) is 5.14. The highest BCUT2D eigenvalue weighted by Crippen LogP contribution is 2.19. The van der Waals surface area contributed by atoms with Crippen LogP contribution in [0, 0.1) is 0 Å². The number of rotatable bonds is 6. The number of ether oxygens (including phenoxy) is 1. The van der Waals surface area contributed by atoms with Crippen molar-refractivity contribution in [2.24, 2.45) is 5.73 Å². The van der Waals surface area contributed by atoms with Crippen LogP contribution >= 0.6 is 11.6 Å². The summed E-state index contributed by atoms with van der Waals surface area (Å²) in [4.78, 5) is 13.1. The minimum absolute atomic E-state index is 0.406. The maximum atomic E-state index is 11.0. The molecule has 1 unspecified atom stereocenters. The monoisotopic (exact) mass is 298 g/mol. The van der Waals surface area contributed by atoms with Crippen LogP contribution in [-0.2, 0) is 4.79 Å². The van der Waals surface area contributed by atoms with Crippen molar-refractivity contribution in [3.05, 3.63) is 29.3 Å². The normalized spacial score (nSPS) is 22.9. The fourth-order valence-electron chi connectivity index (χ4n) is 2.29. The molecule has 6 heteroatoms. The molecule has 0 bridgehead atoms. The van der Waals surface area contributed by atoms with Gasteiger partial charge in [0.2, 0.25) is 0 Å². The fourth-order valence-corrected chi connectivity index (χ4v) is 2.42. The van der Waals surface area contributed by atoms with Crippen molar-refractivity contribution in [2.75, 3.05) is 26.2 Å². The topological polar surface area (TPSA) is 75.8 Å². The summed E-state index contributed by atoms with van der Waals surface area (Å²) in [5, 5.41) is 9.73. The first-order valence-corrected chi connectivity index (χ1v) is 7.00. The Morgan fingerprint density at radius 2 is 2.15 bits per heavy atom. The van der Waals surface area contributed by atoms with Gasteiger partial charge in [-0.25, -0.2) is 0 Å². The lowest BCUT2D eigenvalue weighted by atomic mass is 10.0. The number of carbonyl (C=O) groups is 1. The highest BCUT2D eigenvalue weighted by atomic mass is 35.5. The summed E-state index contributed by atoms with van der Waals surface area (Å²) in [7, 11) is 0. The van der Waals surface area contributed by atoms with Gasteiger partial charge in [-0.1, -0.05) is 11.6 Å². The van der Waals surface area contributed by atoms with E-state index in [9.17, 15) is 4.79 Å². The quantitative estimate of drug-likeness (QED) is 0.780. The molecule has 1 atom stereocenters. The van der Waals surface area contributed by atoms with E-state index in [2.05, 4.69) is 4.90 Å². The molecule has 110 valence electrons. The van der Waals surface area contributed by atoms with Gasteiger partial charge in [0, 0.05) is 24.7 Å². The Balaban J connectivity index is 1.67. The smallest absolute Gasteiger partial charge is 0.325 e. The maximum absolute atomic E-state index is 11.0. The average molecular weight is 299 g/mol. The number of halogens is 1. The Kier molecular flexibility index (Phi) is 4.86. The van der Waals surface area contributed by atoms with E-state index >= 15 is 0 Å². The summed E-state index contributed by atoms with van der Waals surface area (Å²) in [6.45, 7) is 2.51. The van der Waals surface area contributed by atoms with E-state index in [1.807, 2.05) is 12.1 Å². The Bertz CT molecular complexity index is 466. The molecule has 2 rings (SSSR count). The lowest BCUT2D eigenvalue weighted by Crippen LogP contribution is -2.50. The number of carboxylic acid groups (broad SMARTS) is 1. The van der Waals surface area contributed by atoms with Crippen LogP contribution in [0.15, 0.2) is 24.3 Å². The van der Waals surface area contributed by atoms with E-state index in [-0.39, 0.29) is 0 Å². The summed E-state index contributed by atoms with van der Waals surface area (Å²) in [5.41, 5.74) is 4.73. The maximum Gasteiger partial charge on any atom is 0.325 e. The predicted molar refractivity (Wildman–Crippen MR) is 77.2 cm³/mol. The largest absolute Gasteiger partial charge is 0.494 e. The molecular weight excluding hydrogens is 280 g/mol. The molecule has 20 heavy (non-hydrogen) atoms. The van der Waals surface area contributed by atoms with Gasteiger partial charge in [-0.05, 0) is 37.1 Å². The summed E-state index contributed by atoms with van der Waals surface area (Å²) in [5.74, 6) is -0.132. The van der Waals surface area contributed by atoms with Crippen molar-refractivity contribution in [1.29, 1.82) is 0 Å². The van der Waals surface area contributed by atoms with Gasteiger partial charge in [0.1, 0.15) is 11.3 Å². The molecule has 5 nitrogen and oxygen atoms in total.